The molecule has 116 valence electrons. The number of nitrogens with zero attached hydrogens (tertiary/aromatic N) is 1. The number of ether oxygens (including phenoxy) is 2. The summed E-state index contributed by atoms with van der Waals surface area (Å²) in [6, 6.07) is 14.7. The molecule has 0 radical (unpaired) electrons. The minimum absolute atomic E-state index is 0.0976. The number of hydrogen-bond acceptors (Lipinski definition) is 4. The molecule has 2 heterocycles. The number of rotatable bonds is 2. The van der Waals surface area contributed by atoms with Crippen LogP contribution in [0.4, 0.5) is 0 Å². The first-order valence-corrected chi connectivity index (χ1v) is 7.49. The van der Waals surface area contributed by atoms with Crippen LogP contribution >= 0.6 is 0 Å². The molecule has 2 aliphatic heterocycles. The van der Waals surface area contributed by atoms with Gasteiger partial charge in [0.15, 0.2) is 6.29 Å². The van der Waals surface area contributed by atoms with Crippen molar-refractivity contribution in [2.45, 2.75) is 19.5 Å². The van der Waals surface area contributed by atoms with Gasteiger partial charge in [0.2, 0.25) is 0 Å². The summed E-state index contributed by atoms with van der Waals surface area (Å²) in [4.78, 5) is 26.0. The van der Waals surface area contributed by atoms with Crippen molar-refractivity contribution in [2.24, 2.45) is 0 Å². The van der Waals surface area contributed by atoms with Gasteiger partial charge in [0.1, 0.15) is 0 Å². The molecule has 0 aliphatic carbocycles. The fraction of sp³-hybridized carbons (Fsp3) is 0.222. The second-order valence-electron chi connectivity index (χ2n) is 5.59. The lowest BCUT2D eigenvalue weighted by molar-refractivity contribution is -0.152. The molecule has 2 aromatic rings. The molecular weight excluding hydrogens is 294 g/mol. The molecule has 0 spiro atoms. The van der Waals surface area contributed by atoms with Crippen LogP contribution in [0.15, 0.2) is 48.5 Å². The zero-order valence-corrected chi connectivity index (χ0v) is 12.4. The van der Waals surface area contributed by atoms with Gasteiger partial charge in [-0.25, -0.2) is 0 Å². The largest absolute Gasteiger partial charge is 0.346 e. The molecule has 0 bridgehead atoms. The molecule has 2 aliphatic rings. The molecule has 0 saturated heterocycles. The van der Waals surface area contributed by atoms with E-state index in [9.17, 15) is 9.59 Å². The van der Waals surface area contributed by atoms with Crippen LogP contribution in [0.1, 0.15) is 31.8 Å². The van der Waals surface area contributed by atoms with E-state index >= 15 is 0 Å². The number of amides is 2. The summed E-state index contributed by atoms with van der Waals surface area (Å²) >= 11 is 0. The van der Waals surface area contributed by atoms with Gasteiger partial charge in [-0.3, -0.25) is 14.5 Å². The van der Waals surface area contributed by atoms with Crippen LogP contribution in [0.3, 0.4) is 0 Å². The Labute approximate surface area is 133 Å². The smallest absolute Gasteiger partial charge is 0.261 e. The van der Waals surface area contributed by atoms with Gasteiger partial charge in [-0.1, -0.05) is 36.4 Å². The van der Waals surface area contributed by atoms with Crippen LogP contribution in [0.2, 0.25) is 0 Å². The summed E-state index contributed by atoms with van der Waals surface area (Å²) in [6.45, 7) is 0.911. The first kappa shape index (κ1) is 14.1. The first-order valence-electron chi connectivity index (χ1n) is 7.49. The molecule has 0 aromatic heterocycles. The average Bonchev–Trinajstić information content (AvgIpc) is 2.75. The minimum Gasteiger partial charge on any atom is -0.346 e. The van der Waals surface area contributed by atoms with E-state index in [0.717, 1.165) is 11.1 Å². The van der Waals surface area contributed by atoms with Gasteiger partial charge in [0.25, 0.3) is 11.8 Å². The Kier molecular flexibility index (Phi) is 3.44. The monoisotopic (exact) mass is 309 g/mol. The van der Waals surface area contributed by atoms with Crippen molar-refractivity contribution in [1.82, 2.24) is 4.90 Å². The van der Waals surface area contributed by atoms with E-state index in [-0.39, 0.29) is 18.4 Å². The van der Waals surface area contributed by atoms with Gasteiger partial charge in [-0.15, -0.1) is 0 Å². The normalized spacial score (nSPS) is 17.8. The summed E-state index contributed by atoms with van der Waals surface area (Å²) in [5.74, 6) is -0.584. The molecule has 2 aromatic carbocycles. The third-order valence-corrected chi connectivity index (χ3v) is 4.18. The summed E-state index contributed by atoms with van der Waals surface area (Å²) in [6.07, 6.45) is -0.621. The molecule has 0 N–H and O–H groups in total. The molecule has 23 heavy (non-hydrogen) atoms. The van der Waals surface area contributed by atoms with E-state index in [4.69, 9.17) is 9.47 Å². The highest BCUT2D eigenvalue weighted by Gasteiger charge is 2.37. The standard InChI is InChI=1S/C18H15NO4/c20-17-14-7-3-4-8-15(14)18(21)19(17)9-16-22-10-12-5-1-2-6-13(12)11-23-16/h1-8,16H,9-11H2. The fourth-order valence-corrected chi connectivity index (χ4v) is 2.91. The predicted molar refractivity (Wildman–Crippen MR) is 81.6 cm³/mol. The summed E-state index contributed by atoms with van der Waals surface area (Å²) in [5, 5.41) is 0. The minimum atomic E-state index is -0.621. The fourth-order valence-electron chi connectivity index (χ4n) is 2.91. The van der Waals surface area contributed by atoms with Gasteiger partial charge in [0.05, 0.1) is 30.9 Å². The van der Waals surface area contributed by atoms with Gasteiger partial charge in [-0.05, 0) is 23.3 Å². The van der Waals surface area contributed by atoms with Gasteiger partial charge >= 0.3 is 0 Å². The van der Waals surface area contributed by atoms with E-state index in [1.807, 2.05) is 24.3 Å². The Bertz CT molecular complexity index is 724. The predicted octanol–water partition coefficient (Wildman–Crippen LogP) is 2.36. The summed E-state index contributed by atoms with van der Waals surface area (Å²) < 4.78 is 11.4. The van der Waals surface area contributed by atoms with Crippen molar-refractivity contribution < 1.29 is 19.1 Å². The highest BCUT2D eigenvalue weighted by molar-refractivity contribution is 6.21. The molecule has 0 atom stereocenters. The first-order chi connectivity index (χ1) is 11.2. The van der Waals surface area contributed by atoms with Crippen molar-refractivity contribution in [1.29, 1.82) is 0 Å². The van der Waals surface area contributed by atoms with Crippen molar-refractivity contribution in [2.75, 3.05) is 6.54 Å². The van der Waals surface area contributed by atoms with E-state index in [1.165, 1.54) is 4.90 Å². The van der Waals surface area contributed by atoms with Crippen molar-refractivity contribution in [3.8, 4) is 0 Å². The molecular formula is C18H15NO4. The lowest BCUT2D eigenvalue weighted by Crippen LogP contribution is -2.38. The molecule has 2 amide bonds. The summed E-state index contributed by atoms with van der Waals surface area (Å²) in [5.41, 5.74) is 3.01. The summed E-state index contributed by atoms with van der Waals surface area (Å²) in [7, 11) is 0. The number of imide groups is 1. The lowest BCUT2D eigenvalue weighted by atomic mass is 10.1. The van der Waals surface area contributed by atoms with Crippen LogP contribution in [-0.4, -0.2) is 29.5 Å². The molecule has 4 rings (SSSR count). The zero-order valence-electron chi connectivity index (χ0n) is 12.4. The van der Waals surface area contributed by atoms with E-state index in [2.05, 4.69) is 0 Å². The van der Waals surface area contributed by atoms with E-state index in [0.29, 0.717) is 24.3 Å². The number of carbonyl (C=O) groups is 2. The quantitative estimate of drug-likeness (QED) is 0.799. The van der Waals surface area contributed by atoms with Crippen LogP contribution in [0.25, 0.3) is 0 Å². The molecule has 5 nitrogen and oxygen atoms in total. The molecule has 0 fully saturated rings. The van der Waals surface area contributed by atoms with Gasteiger partial charge in [-0.2, -0.15) is 0 Å². The van der Waals surface area contributed by atoms with Gasteiger partial charge < -0.3 is 9.47 Å². The Morgan fingerprint density at radius 1 is 0.826 bits per heavy atom. The van der Waals surface area contributed by atoms with Crippen molar-refractivity contribution >= 4 is 11.8 Å². The number of hydrogen-bond donors (Lipinski definition) is 0. The second kappa shape index (κ2) is 5.61. The number of carbonyl (C=O) groups excluding carboxylic acids is 2. The average molecular weight is 309 g/mol. The Morgan fingerprint density at radius 2 is 1.30 bits per heavy atom. The van der Waals surface area contributed by atoms with Crippen LogP contribution < -0.4 is 0 Å². The van der Waals surface area contributed by atoms with Crippen molar-refractivity contribution in [3.63, 3.8) is 0 Å². The zero-order chi connectivity index (χ0) is 15.8. The Morgan fingerprint density at radius 3 is 1.83 bits per heavy atom. The van der Waals surface area contributed by atoms with E-state index in [1.54, 1.807) is 24.3 Å². The highest BCUT2D eigenvalue weighted by atomic mass is 16.7. The topological polar surface area (TPSA) is 55.8 Å². The van der Waals surface area contributed by atoms with Gasteiger partial charge in [0, 0.05) is 0 Å². The molecule has 5 heteroatoms. The Hall–Kier alpha value is -2.50. The van der Waals surface area contributed by atoms with Crippen LogP contribution in [0.5, 0.6) is 0 Å². The van der Waals surface area contributed by atoms with Crippen molar-refractivity contribution in [3.05, 3.63) is 70.8 Å². The van der Waals surface area contributed by atoms with E-state index < -0.39 is 6.29 Å². The maximum absolute atomic E-state index is 12.4. The number of benzene rings is 2. The SMILES string of the molecule is O=C1c2ccccc2C(=O)N1CC1OCc2ccccc2CO1. The van der Waals surface area contributed by atoms with Crippen LogP contribution in [-0.2, 0) is 22.7 Å². The highest BCUT2D eigenvalue weighted by Crippen LogP contribution is 2.24. The molecule has 0 unspecified atom stereocenters. The number of fused-ring (bicyclic) bond motifs is 2. The maximum atomic E-state index is 12.4. The third-order valence-electron chi connectivity index (χ3n) is 4.18. The second-order valence-corrected chi connectivity index (χ2v) is 5.59. The third kappa shape index (κ3) is 2.44. The Balaban J connectivity index is 1.50. The molecule has 0 saturated carbocycles. The lowest BCUT2D eigenvalue weighted by Gasteiger charge is -2.21. The van der Waals surface area contributed by atoms with Crippen LogP contribution in [0, 0.1) is 0 Å². The maximum Gasteiger partial charge on any atom is 0.261 e.